The van der Waals surface area contributed by atoms with Gasteiger partial charge in [-0.3, -0.25) is 9.59 Å². The first-order valence-corrected chi connectivity index (χ1v) is 11.1. The lowest BCUT2D eigenvalue weighted by atomic mass is 10.2. The van der Waals surface area contributed by atoms with E-state index in [0.717, 1.165) is 23.2 Å². The molecule has 1 aromatic heterocycles. The number of hydrogen-bond acceptors (Lipinski definition) is 6. The molecule has 0 spiro atoms. The molecule has 0 radical (unpaired) electrons. The van der Waals surface area contributed by atoms with E-state index in [1.807, 2.05) is 68.4 Å². The Morgan fingerprint density at radius 2 is 1.84 bits per heavy atom. The number of carbonyl (C=O) groups excluding carboxylic acids is 2. The number of benzene rings is 2. The van der Waals surface area contributed by atoms with Crippen LogP contribution >= 0.6 is 11.8 Å². The summed E-state index contributed by atoms with van der Waals surface area (Å²) in [5.41, 5.74) is 2.80. The highest BCUT2D eigenvalue weighted by Crippen LogP contribution is 2.17. The Morgan fingerprint density at radius 1 is 1.10 bits per heavy atom. The fraction of sp³-hybridized carbons (Fsp3) is 0.318. The lowest BCUT2D eigenvalue weighted by Crippen LogP contribution is -2.39. The van der Waals surface area contributed by atoms with Gasteiger partial charge >= 0.3 is 0 Å². The van der Waals surface area contributed by atoms with Crippen LogP contribution in [0.2, 0.25) is 0 Å². The molecule has 0 saturated carbocycles. The first-order valence-electron chi connectivity index (χ1n) is 10.1. The maximum atomic E-state index is 12.8. The summed E-state index contributed by atoms with van der Waals surface area (Å²) < 4.78 is 1.67. The Kier molecular flexibility index (Phi) is 8.17. The predicted octanol–water partition coefficient (Wildman–Crippen LogP) is 3.00. The number of anilines is 1. The van der Waals surface area contributed by atoms with E-state index in [2.05, 4.69) is 20.8 Å². The average molecular weight is 439 g/mol. The SMILES string of the molecule is CCCN(CC(=O)Nc1ccccc1C)C(=O)CSc1nnnn1Cc1ccccc1. The molecule has 0 saturated heterocycles. The minimum absolute atomic E-state index is 0.0104. The highest BCUT2D eigenvalue weighted by molar-refractivity contribution is 7.99. The van der Waals surface area contributed by atoms with Crippen LogP contribution in [0, 0.1) is 6.92 Å². The van der Waals surface area contributed by atoms with Crippen molar-refractivity contribution in [3.05, 3.63) is 65.7 Å². The number of rotatable bonds is 10. The Morgan fingerprint density at radius 3 is 2.58 bits per heavy atom. The lowest BCUT2D eigenvalue weighted by Gasteiger charge is -2.21. The van der Waals surface area contributed by atoms with E-state index in [1.54, 1.807) is 9.58 Å². The van der Waals surface area contributed by atoms with Crippen LogP contribution < -0.4 is 5.32 Å². The van der Waals surface area contributed by atoms with E-state index in [0.29, 0.717) is 18.2 Å². The highest BCUT2D eigenvalue weighted by Gasteiger charge is 2.19. The van der Waals surface area contributed by atoms with Gasteiger partial charge in [0.05, 0.1) is 18.8 Å². The molecule has 0 aliphatic carbocycles. The van der Waals surface area contributed by atoms with E-state index in [4.69, 9.17) is 0 Å². The van der Waals surface area contributed by atoms with Crippen molar-refractivity contribution in [1.29, 1.82) is 0 Å². The smallest absolute Gasteiger partial charge is 0.244 e. The first-order chi connectivity index (χ1) is 15.1. The summed E-state index contributed by atoms with van der Waals surface area (Å²) in [6.07, 6.45) is 0.764. The van der Waals surface area contributed by atoms with Crippen LogP contribution in [0.3, 0.4) is 0 Å². The van der Waals surface area contributed by atoms with Crippen molar-refractivity contribution in [2.75, 3.05) is 24.2 Å². The molecule has 0 bridgehead atoms. The van der Waals surface area contributed by atoms with Gasteiger partial charge < -0.3 is 10.2 Å². The third kappa shape index (κ3) is 6.65. The zero-order chi connectivity index (χ0) is 22.1. The van der Waals surface area contributed by atoms with Crippen LogP contribution in [0.25, 0.3) is 0 Å². The number of hydrogen-bond donors (Lipinski definition) is 1. The minimum Gasteiger partial charge on any atom is -0.333 e. The fourth-order valence-electron chi connectivity index (χ4n) is 3.01. The highest BCUT2D eigenvalue weighted by atomic mass is 32.2. The summed E-state index contributed by atoms with van der Waals surface area (Å²) in [5, 5.41) is 15.2. The molecule has 0 aliphatic rings. The molecule has 3 aromatic rings. The molecule has 3 rings (SSSR count). The maximum absolute atomic E-state index is 12.8. The third-order valence-electron chi connectivity index (χ3n) is 4.60. The van der Waals surface area contributed by atoms with Gasteiger partial charge in [-0.25, -0.2) is 4.68 Å². The Bertz CT molecular complexity index is 1010. The predicted molar refractivity (Wildman–Crippen MR) is 121 cm³/mol. The summed E-state index contributed by atoms with van der Waals surface area (Å²) in [7, 11) is 0. The van der Waals surface area contributed by atoms with Gasteiger partial charge in [0.25, 0.3) is 0 Å². The van der Waals surface area contributed by atoms with Crippen LogP contribution in [0.5, 0.6) is 0 Å². The molecule has 162 valence electrons. The van der Waals surface area contributed by atoms with E-state index in [9.17, 15) is 9.59 Å². The van der Waals surface area contributed by atoms with Gasteiger partial charge in [-0.1, -0.05) is 67.2 Å². The van der Waals surface area contributed by atoms with Crippen molar-refractivity contribution in [3.8, 4) is 0 Å². The molecule has 2 aromatic carbocycles. The summed E-state index contributed by atoms with van der Waals surface area (Å²) in [5.74, 6) is -0.177. The number of para-hydroxylation sites is 1. The first kappa shape index (κ1) is 22.5. The number of carbonyl (C=O) groups is 2. The van der Waals surface area contributed by atoms with E-state index in [-0.39, 0.29) is 24.1 Å². The van der Waals surface area contributed by atoms with Gasteiger partial charge in [0, 0.05) is 12.2 Å². The van der Waals surface area contributed by atoms with Crippen molar-refractivity contribution < 1.29 is 9.59 Å². The number of aryl methyl sites for hydroxylation is 1. The van der Waals surface area contributed by atoms with Crippen molar-refractivity contribution in [2.24, 2.45) is 0 Å². The molecule has 0 aliphatic heterocycles. The second kappa shape index (κ2) is 11.3. The molecule has 0 atom stereocenters. The third-order valence-corrected chi connectivity index (χ3v) is 5.54. The number of nitrogens with one attached hydrogen (secondary N) is 1. The number of aromatic nitrogens is 4. The summed E-state index contributed by atoms with van der Waals surface area (Å²) >= 11 is 1.27. The van der Waals surface area contributed by atoms with Gasteiger partial charge in [-0.05, 0) is 41.0 Å². The molecular formula is C22H26N6O2S. The molecule has 0 fully saturated rings. The van der Waals surface area contributed by atoms with Gasteiger partial charge in [-0.15, -0.1) is 5.10 Å². The van der Waals surface area contributed by atoms with Crippen molar-refractivity contribution in [2.45, 2.75) is 32.0 Å². The molecule has 31 heavy (non-hydrogen) atoms. The lowest BCUT2D eigenvalue weighted by molar-refractivity contribution is -0.132. The van der Waals surface area contributed by atoms with E-state index < -0.39 is 0 Å². The molecular weight excluding hydrogens is 412 g/mol. The summed E-state index contributed by atoms with van der Waals surface area (Å²) in [6.45, 7) is 4.96. The second-order valence-electron chi connectivity index (χ2n) is 7.07. The molecule has 1 heterocycles. The maximum Gasteiger partial charge on any atom is 0.244 e. The second-order valence-corrected chi connectivity index (χ2v) is 8.01. The molecule has 2 amide bonds. The Balaban J connectivity index is 1.57. The van der Waals surface area contributed by atoms with Crippen molar-refractivity contribution >= 4 is 29.3 Å². The van der Waals surface area contributed by atoms with Crippen LogP contribution in [-0.4, -0.2) is 55.8 Å². The van der Waals surface area contributed by atoms with Crippen LogP contribution in [0.4, 0.5) is 5.69 Å². The van der Waals surface area contributed by atoms with Gasteiger partial charge in [0.1, 0.15) is 0 Å². The molecule has 1 N–H and O–H groups in total. The van der Waals surface area contributed by atoms with Crippen molar-refractivity contribution in [3.63, 3.8) is 0 Å². The van der Waals surface area contributed by atoms with Crippen LogP contribution in [0.1, 0.15) is 24.5 Å². The molecule has 9 heteroatoms. The Labute approximate surface area is 186 Å². The normalized spacial score (nSPS) is 10.6. The monoisotopic (exact) mass is 438 g/mol. The topological polar surface area (TPSA) is 93.0 Å². The van der Waals surface area contributed by atoms with Gasteiger partial charge in [-0.2, -0.15) is 0 Å². The summed E-state index contributed by atoms with van der Waals surface area (Å²) in [6, 6.07) is 17.4. The quantitative estimate of drug-likeness (QED) is 0.489. The summed E-state index contributed by atoms with van der Waals surface area (Å²) in [4.78, 5) is 26.9. The number of thioether (sulfide) groups is 1. The average Bonchev–Trinajstić information content (AvgIpc) is 3.21. The van der Waals surface area contributed by atoms with Crippen molar-refractivity contribution in [1.82, 2.24) is 25.1 Å². The largest absolute Gasteiger partial charge is 0.333 e. The number of amides is 2. The number of nitrogens with zero attached hydrogens (tertiary/aromatic N) is 5. The zero-order valence-electron chi connectivity index (χ0n) is 17.7. The minimum atomic E-state index is -0.213. The van der Waals surface area contributed by atoms with Gasteiger partial charge in [0.15, 0.2) is 0 Å². The van der Waals surface area contributed by atoms with Crippen LogP contribution in [-0.2, 0) is 16.1 Å². The number of tetrazole rings is 1. The van der Waals surface area contributed by atoms with E-state index in [1.165, 1.54) is 11.8 Å². The standard InChI is InChI=1S/C22H26N6O2S/c1-3-13-27(15-20(29)23-19-12-8-7-9-17(19)2)21(30)16-31-22-24-25-26-28(22)14-18-10-5-4-6-11-18/h4-12H,3,13-16H2,1-2H3,(H,23,29). The van der Waals surface area contributed by atoms with Gasteiger partial charge in [0.2, 0.25) is 17.0 Å². The van der Waals surface area contributed by atoms with Crippen LogP contribution in [0.15, 0.2) is 59.8 Å². The molecule has 0 unspecified atom stereocenters. The fourth-order valence-corrected chi connectivity index (χ4v) is 3.79. The molecule has 8 nitrogen and oxygen atoms in total. The Hall–Kier alpha value is -3.20. The zero-order valence-corrected chi connectivity index (χ0v) is 18.5. The van der Waals surface area contributed by atoms with E-state index >= 15 is 0 Å².